The smallest absolute Gasteiger partial charge is 0.419 e. The normalized spacial score (nSPS) is 25.6. The van der Waals surface area contributed by atoms with Crippen LogP contribution in [-0.4, -0.2) is 32.0 Å². The summed E-state index contributed by atoms with van der Waals surface area (Å²) in [6.07, 6.45) is -3.43. The van der Waals surface area contributed by atoms with Gasteiger partial charge in [-0.25, -0.2) is 9.97 Å². The van der Waals surface area contributed by atoms with Gasteiger partial charge < -0.3 is 15.5 Å². The standard InChI is InChI=1S/C23H23ClF3N3O2/c1-10-12(3)22(32,23(25,26)27)21(14-8-16(24)11(2)20(31)19(10)14)30-18-7-5-6-17-15(18)9-28-13(4)29-17/h5-10,12,21,30-32H,1-4H3. The minimum Gasteiger partial charge on any atom is -0.507 e. The average Bonchev–Trinajstić information content (AvgIpc) is 2.72. The summed E-state index contributed by atoms with van der Waals surface area (Å²) in [5.41, 5.74) is -1.40. The maximum Gasteiger partial charge on any atom is 0.419 e. The molecule has 32 heavy (non-hydrogen) atoms. The van der Waals surface area contributed by atoms with E-state index >= 15 is 0 Å². The van der Waals surface area contributed by atoms with Gasteiger partial charge in [0.1, 0.15) is 11.6 Å². The first-order valence-electron chi connectivity index (χ1n) is 10.2. The number of hydrogen-bond donors (Lipinski definition) is 3. The second-order valence-electron chi connectivity index (χ2n) is 8.47. The summed E-state index contributed by atoms with van der Waals surface area (Å²) in [7, 11) is 0. The Hall–Kier alpha value is -2.58. The molecule has 4 unspecified atom stereocenters. The third-order valence-corrected chi connectivity index (χ3v) is 7.10. The molecule has 170 valence electrons. The van der Waals surface area contributed by atoms with Gasteiger partial charge in [-0.05, 0) is 43.5 Å². The van der Waals surface area contributed by atoms with Crippen LogP contribution in [0, 0.1) is 19.8 Å². The summed E-state index contributed by atoms with van der Waals surface area (Å²) in [6, 6.07) is 4.78. The van der Waals surface area contributed by atoms with Crippen LogP contribution in [-0.2, 0) is 0 Å². The molecule has 1 heterocycles. The summed E-state index contributed by atoms with van der Waals surface area (Å²) in [4.78, 5) is 8.49. The van der Waals surface area contributed by atoms with Gasteiger partial charge >= 0.3 is 6.18 Å². The van der Waals surface area contributed by atoms with E-state index in [4.69, 9.17) is 11.6 Å². The largest absolute Gasteiger partial charge is 0.507 e. The van der Waals surface area contributed by atoms with Crippen LogP contribution in [0.25, 0.3) is 10.9 Å². The molecule has 0 aliphatic heterocycles. The third kappa shape index (κ3) is 3.19. The van der Waals surface area contributed by atoms with Crippen molar-refractivity contribution in [3.63, 3.8) is 0 Å². The van der Waals surface area contributed by atoms with Gasteiger partial charge in [0.2, 0.25) is 0 Å². The van der Waals surface area contributed by atoms with Crippen LogP contribution in [0.3, 0.4) is 0 Å². The highest BCUT2D eigenvalue weighted by molar-refractivity contribution is 6.31. The van der Waals surface area contributed by atoms with Gasteiger partial charge in [-0.3, -0.25) is 0 Å². The Kier molecular flexibility index (Phi) is 5.29. The Balaban J connectivity index is 1.99. The number of aromatic hydroxyl groups is 1. The van der Waals surface area contributed by atoms with Crippen molar-refractivity contribution in [2.45, 2.75) is 51.4 Å². The number of anilines is 1. The highest BCUT2D eigenvalue weighted by Crippen LogP contribution is 2.58. The number of alkyl halides is 3. The van der Waals surface area contributed by atoms with E-state index in [1.54, 1.807) is 39.0 Å². The third-order valence-electron chi connectivity index (χ3n) is 6.71. The lowest BCUT2D eigenvalue weighted by Gasteiger charge is -2.49. The van der Waals surface area contributed by atoms with Gasteiger partial charge in [0.25, 0.3) is 0 Å². The summed E-state index contributed by atoms with van der Waals surface area (Å²) in [5, 5.41) is 25.6. The number of aromatic nitrogens is 2. The van der Waals surface area contributed by atoms with Crippen LogP contribution in [0.5, 0.6) is 5.75 Å². The van der Waals surface area contributed by atoms with Gasteiger partial charge in [-0.2, -0.15) is 13.2 Å². The van der Waals surface area contributed by atoms with E-state index in [1.807, 2.05) is 0 Å². The molecule has 0 saturated carbocycles. The molecular formula is C23H23ClF3N3O2. The fraction of sp³-hybridized carbons (Fsp3) is 0.391. The average molecular weight is 466 g/mol. The number of halogens is 4. The number of fused-ring (bicyclic) bond motifs is 2. The molecular weight excluding hydrogens is 443 g/mol. The number of aliphatic hydroxyl groups is 1. The quantitative estimate of drug-likeness (QED) is 0.445. The first-order valence-corrected chi connectivity index (χ1v) is 10.6. The summed E-state index contributed by atoms with van der Waals surface area (Å²) < 4.78 is 43.3. The van der Waals surface area contributed by atoms with E-state index in [1.165, 1.54) is 19.2 Å². The minimum atomic E-state index is -4.96. The van der Waals surface area contributed by atoms with Crippen LogP contribution in [0.2, 0.25) is 5.02 Å². The van der Waals surface area contributed by atoms with Crippen LogP contribution in [0.1, 0.15) is 48.3 Å². The van der Waals surface area contributed by atoms with Crippen molar-refractivity contribution < 1.29 is 23.4 Å². The molecule has 3 N–H and O–H groups in total. The zero-order valence-corrected chi connectivity index (χ0v) is 18.7. The van der Waals surface area contributed by atoms with Crippen LogP contribution >= 0.6 is 11.6 Å². The maximum atomic E-state index is 14.4. The fourth-order valence-corrected chi connectivity index (χ4v) is 4.87. The fourth-order valence-electron chi connectivity index (χ4n) is 4.66. The van der Waals surface area contributed by atoms with E-state index in [0.29, 0.717) is 33.5 Å². The first kappa shape index (κ1) is 22.6. The van der Waals surface area contributed by atoms with Crippen molar-refractivity contribution in [2.75, 3.05) is 5.32 Å². The number of hydrogen-bond acceptors (Lipinski definition) is 5. The molecule has 4 atom stereocenters. The SMILES string of the molecule is Cc1ncc2c(NC3c4cc(Cl)c(C)c(O)c4C(C)C(C)C3(O)C(F)(F)F)cccc2n1. The highest BCUT2D eigenvalue weighted by Gasteiger charge is 2.66. The summed E-state index contributed by atoms with van der Waals surface area (Å²) >= 11 is 6.25. The van der Waals surface area contributed by atoms with Gasteiger partial charge in [-0.1, -0.05) is 31.5 Å². The number of rotatable bonds is 2. The number of nitrogens with one attached hydrogen (secondary N) is 1. The van der Waals surface area contributed by atoms with Crippen molar-refractivity contribution in [3.05, 3.63) is 58.0 Å². The molecule has 4 rings (SSSR count). The number of aryl methyl sites for hydroxylation is 1. The van der Waals surface area contributed by atoms with E-state index in [-0.39, 0.29) is 16.3 Å². The van der Waals surface area contributed by atoms with Crippen LogP contribution in [0.4, 0.5) is 18.9 Å². The molecule has 2 aromatic carbocycles. The van der Waals surface area contributed by atoms with E-state index in [2.05, 4.69) is 15.3 Å². The lowest BCUT2D eigenvalue weighted by atomic mass is 9.64. The molecule has 0 radical (unpaired) electrons. The van der Waals surface area contributed by atoms with Crippen molar-refractivity contribution in [3.8, 4) is 5.75 Å². The molecule has 1 aliphatic rings. The summed E-state index contributed by atoms with van der Waals surface area (Å²) in [6.45, 7) is 6.23. The molecule has 3 aromatic rings. The monoisotopic (exact) mass is 465 g/mol. The van der Waals surface area contributed by atoms with E-state index < -0.39 is 29.7 Å². The molecule has 0 bridgehead atoms. The molecule has 0 spiro atoms. The highest BCUT2D eigenvalue weighted by atomic mass is 35.5. The van der Waals surface area contributed by atoms with E-state index in [0.717, 1.165) is 0 Å². The lowest BCUT2D eigenvalue weighted by Crippen LogP contribution is -2.60. The Labute approximate surface area is 188 Å². The molecule has 5 nitrogen and oxygen atoms in total. The molecule has 9 heteroatoms. The first-order chi connectivity index (χ1) is 14.9. The van der Waals surface area contributed by atoms with Crippen LogP contribution in [0.15, 0.2) is 30.5 Å². The van der Waals surface area contributed by atoms with Crippen LogP contribution < -0.4 is 5.32 Å². The van der Waals surface area contributed by atoms with Crippen molar-refractivity contribution in [2.24, 2.45) is 5.92 Å². The van der Waals surface area contributed by atoms with Gasteiger partial charge in [-0.15, -0.1) is 0 Å². The van der Waals surface area contributed by atoms with Gasteiger partial charge in [0.15, 0.2) is 5.60 Å². The number of benzene rings is 2. The predicted molar refractivity (Wildman–Crippen MR) is 117 cm³/mol. The maximum absolute atomic E-state index is 14.4. The zero-order valence-electron chi connectivity index (χ0n) is 17.9. The van der Waals surface area contributed by atoms with Crippen molar-refractivity contribution in [1.29, 1.82) is 0 Å². The molecule has 1 aliphatic carbocycles. The molecule has 0 amide bonds. The Morgan fingerprint density at radius 2 is 1.88 bits per heavy atom. The number of phenols is 1. The zero-order chi connectivity index (χ0) is 23.6. The Morgan fingerprint density at radius 1 is 1.19 bits per heavy atom. The second kappa shape index (κ2) is 7.49. The number of nitrogens with zero attached hydrogens (tertiary/aromatic N) is 2. The molecule has 1 aromatic heterocycles. The lowest BCUT2D eigenvalue weighted by molar-refractivity contribution is -0.289. The second-order valence-corrected chi connectivity index (χ2v) is 8.88. The Morgan fingerprint density at radius 3 is 2.53 bits per heavy atom. The molecule has 0 fully saturated rings. The predicted octanol–water partition coefficient (Wildman–Crippen LogP) is 5.81. The topological polar surface area (TPSA) is 78.3 Å². The van der Waals surface area contributed by atoms with Crippen molar-refractivity contribution in [1.82, 2.24) is 9.97 Å². The van der Waals surface area contributed by atoms with E-state index in [9.17, 15) is 23.4 Å². The number of phenolic OH excluding ortho intramolecular Hbond substituents is 1. The van der Waals surface area contributed by atoms with Gasteiger partial charge in [0, 0.05) is 39.3 Å². The summed E-state index contributed by atoms with van der Waals surface area (Å²) in [5.74, 6) is -1.66. The van der Waals surface area contributed by atoms with Gasteiger partial charge in [0.05, 0.1) is 11.6 Å². The Bertz CT molecular complexity index is 1220. The molecule has 0 saturated heterocycles. The van der Waals surface area contributed by atoms with Crippen molar-refractivity contribution >= 4 is 28.2 Å². The minimum absolute atomic E-state index is 0.105.